The lowest BCUT2D eigenvalue weighted by molar-refractivity contribution is 0.407. The van der Waals surface area contributed by atoms with Gasteiger partial charge in [0.1, 0.15) is 0 Å². The molecule has 0 saturated heterocycles. The predicted octanol–water partition coefficient (Wildman–Crippen LogP) is 9.12. The number of anilines is 2. The molecule has 7 rings (SSSR count). The molecular formula is C34H26ClN3S. The maximum Gasteiger partial charge on any atom is 0.167 e. The SMILES string of the molecule is Clc1cccc([C@H]2C[C@@]3(c4ccccc4)N(c4ccccc4)N=C(c4ccccc4)N3c3ccccc3S2)c1. The second kappa shape index (κ2) is 9.96. The van der Waals surface area contributed by atoms with Crippen molar-refractivity contribution >= 4 is 40.6 Å². The molecule has 3 nitrogen and oxygen atoms in total. The Kier molecular flexibility index (Phi) is 6.15. The first-order chi connectivity index (χ1) is 19.2. The van der Waals surface area contributed by atoms with Crippen molar-refractivity contribution in [2.75, 3.05) is 9.91 Å². The molecule has 0 bridgehead atoms. The van der Waals surface area contributed by atoms with Gasteiger partial charge in [-0.2, -0.15) is 5.10 Å². The van der Waals surface area contributed by atoms with Gasteiger partial charge in [-0.1, -0.05) is 115 Å². The molecular weight excluding hydrogens is 518 g/mol. The van der Waals surface area contributed by atoms with Crippen molar-refractivity contribution in [1.29, 1.82) is 0 Å². The molecule has 2 aliphatic heterocycles. The number of rotatable bonds is 4. The molecule has 0 spiro atoms. The fraction of sp³-hybridized carbons (Fsp3) is 0.0882. The van der Waals surface area contributed by atoms with Gasteiger partial charge in [-0.3, -0.25) is 4.90 Å². The molecule has 5 aromatic carbocycles. The number of thioether (sulfide) groups is 1. The molecule has 0 amide bonds. The molecule has 5 heteroatoms. The highest BCUT2D eigenvalue weighted by Gasteiger charge is 2.55. The van der Waals surface area contributed by atoms with Crippen LogP contribution in [0.15, 0.2) is 150 Å². The first kappa shape index (κ1) is 24.1. The van der Waals surface area contributed by atoms with Crippen LogP contribution in [0.25, 0.3) is 0 Å². The standard InChI is InChI=1S/C34H26ClN3S/c35-28-18-12-15-26(23-28)32-24-34(27-16-6-2-7-17-27)37(30-21-10-11-22-31(30)39-32)33(25-13-4-1-5-14-25)36-38(34)29-19-8-3-9-20-29/h1-23,32H,24H2/t32-,34+/m1/s1. The summed E-state index contributed by atoms with van der Waals surface area (Å²) in [5.41, 5.74) is 5.05. The molecule has 0 aliphatic carbocycles. The second-order valence-corrected chi connectivity index (χ2v) is 11.5. The van der Waals surface area contributed by atoms with Gasteiger partial charge in [-0.15, -0.1) is 11.8 Å². The van der Waals surface area contributed by atoms with E-state index in [1.807, 2.05) is 17.8 Å². The van der Waals surface area contributed by atoms with Gasteiger partial charge in [0, 0.05) is 32.7 Å². The van der Waals surface area contributed by atoms with Crippen LogP contribution in [-0.2, 0) is 5.66 Å². The minimum Gasteiger partial charge on any atom is -0.294 e. The van der Waals surface area contributed by atoms with Crippen molar-refractivity contribution in [2.45, 2.75) is 22.2 Å². The van der Waals surface area contributed by atoms with Crippen LogP contribution in [0.3, 0.4) is 0 Å². The van der Waals surface area contributed by atoms with Crippen LogP contribution in [0.4, 0.5) is 11.4 Å². The molecule has 190 valence electrons. The van der Waals surface area contributed by atoms with E-state index in [4.69, 9.17) is 16.7 Å². The Balaban J connectivity index is 1.55. The Bertz CT molecular complexity index is 1640. The molecule has 0 aromatic heterocycles. The summed E-state index contributed by atoms with van der Waals surface area (Å²) in [5, 5.41) is 8.57. The Morgan fingerprint density at radius 1 is 0.718 bits per heavy atom. The van der Waals surface area contributed by atoms with Crippen LogP contribution in [0, 0.1) is 0 Å². The largest absolute Gasteiger partial charge is 0.294 e. The first-order valence-electron chi connectivity index (χ1n) is 13.1. The topological polar surface area (TPSA) is 18.8 Å². The molecule has 2 heterocycles. The van der Waals surface area contributed by atoms with Crippen molar-refractivity contribution < 1.29 is 0 Å². The summed E-state index contributed by atoms with van der Waals surface area (Å²) in [6.07, 6.45) is 0.783. The normalized spacial score (nSPS) is 20.1. The molecule has 0 unspecified atom stereocenters. The molecule has 0 saturated carbocycles. The van der Waals surface area contributed by atoms with Gasteiger partial charge in [0.2, 0.25) is 0 Å². The minimum absolute atomic E-state index is 0.131. The number of amidine groups is 1. The fourth-order valence-corrected chi connectivity index (χ4v) is 7.30. The third-order valence-electron chi connectivity index (χ3n) is 7.46. The summed E-state index contributed by atoms with van der Waals surface area (Å²) in [4.78, 5) is 3.69. The van der Waals surface area contributed by atoms with E-state index in [1.165, 1.54) is 16.0 Å². The zero-order chi connectivity index (χ0) is 26.2. The summed E-state index contributed by atoms with van der Waals surface area (Å²) in [5.74, 6) is 0.933. The molecule has 5 aromatic rings. The van der Waals surface area contributed by atoms with Gasteiger partial charge in [0.05, 0.1) is 11.4 Å². The molecule has 2 aliphatic rings. The van der Waals surface area contributed by atoms with Crippen molar-refractivity contribution in [2.24, 2.45) is 5.10 Å². The predicted molar refractivity (Wildman–Crippen MR) is 164 cm³/mol. The van der Waals surface area contributed by atoms with Gasteiger partial charge in [-0.25, -0.2) is 5.01 Å². The maximum absolute atomic E-state index is 6.54. The number of hydrogen-bond donors (Lipinski definition) is 0. The summed E-state index contributed by atoms with van der Waals surface area (Å²) in [6, 6.07) is 48.9. The number of para-hydroxylation sites is 2. The van der Waals surface area contributed by atoms with Gasteiger partial charge in [0.25, 0.3) is 0 Å². The van der Waals surface area contributed by atoms with Gasteiger partial charge < -0.3 is 0 Å². The van der Waals surface area contributed by atoms with Gasteiger partial charge >= 0.3 is 0 Å². The zero-order valence-electron chi connectivity index (χ0n) is 21.2. The zero-order valence-corrected chi connectivity index (χ0v) is 22.8. The summed E-state index contributed by atoms with van der Waals surface area (Å²) < 4.78 is 0. The highest BCUT2D eigenvalue weighted by Crippen LogP contribution is 2.57. The second-order valence-electron chi connectivity index (χ2n) is 9.79. The van der Waals surface area contributed by atoms with Gasteiger partial charge in [-0.05, 0) is 42.0 Å². The highest BCUT2D eigenvalue weighted by atomic mass is 35.5. The van der Waals surface area contributed by atoms with E-state index >= 15 is 0 Å². The Morgan fingerprint density at radius 3 is 2.13 bits per heavy atom. The van der Waals surface area contributed by atoms with Crippen LogP contribution in [0.2, 0.25) is 5.02 Å². The lowest BCUT2D eigenvalue weighted by Gasteiger charge is -2.45. The van der Waals surface area contributed by atoms with Gasteiger partial charge in [0.15, 0.2) is 11.5 Å². The summed E-state index contributed by atoms with van der Waals surface area (Å²) in [6.45, 7) is 0. The lowest BCUT2D eigenvalue weighted by atomic mass is 9.88. The van der Waals surface area contributed by atoms with Crippen LogP contribution in [-0.4, -0.2) is 5.84 Å². The molecule has 0 fully saturated rings. The summed E-state index contributed by atoms with van der Waals surface area (Å²) in [7, 11) is 0. The summed E-state index contributed by atoms with van der Waals surface area (Å²) >= 11 is 8.45. The molecule has 2 atom stereocenters. The van der Waals surface area contributed by atoms with E-state index in [1.54, 1.807) is 0 Å². The Morgan fingerprint density at radius 2 is 1.38 bits per heavy atom. The number of nitrogens with zero attached hydrogens (tertiary/aromatic N) is 3. The van der Waals surface area contributed by atoms with E-state index < -0.39 is 5.66 Å². The van der Waals surface area contributed by atoms with E-state index in [9.17, 15) is 0 Å². The average Bonchev–Trinajstić information content (AvgIpc) is 3.25. The van der Waals surface area contributed by atoms with Crippen LogP contribution < -0.4 is 9.91 Å². The molecule has 39 heavy (non-hydrogen) atoms. The maximum atomic E-state index is 6.54. The van der Waals surface area contributed by atoms with Crippen molar-refractivity contribution in [1.82, 2.24) is 0 Å². The minimum atomic E-state index is -0.625. The average molecular weight is 544 g/mol. The van der Waals surface area contributed by atoms with E-state index in [-0.39, 0.29) is 5.25 Å². The fourth-order valence-electron chi connectivity index (χ4n) is 5.76. The third-order valence-corrected chi connectivity index (χ3v) is 9.02. The lowest BCUT2D eigenvalue weighted by Crippen LogP contribution is -2.54. The monoisotopic (exact) mass is 543 g/mol. The third kappa shape index (κ3) is 4.12. The number of hydrazone groups is 1. The quantitative estimate of drug-likeness (QED) is 0.225. The highest BCUT2D eigenvalue weighted by molar-refractivity contribution is 7.99. The Labute approximate surface area is 238 Å². The number of halogens is 1. The molecule has 0 N–H and O–H groups in total. The Hall–Kier alpha value is -3.99. The van der Waals surface area contributed by atoms with Crippen molar-refractivity contribution in [3.8, 4) is 0 Å². The number of benzene rings is 5. The van der Waals surface area contributed by atoms with Crippen molar-refractivity contribution in [3.05, 3.63) is 161 Å². The van der Waals surface area contributed by atoms with Crippen LogP contribution in [0.1, 0.15) is 28.4 Å². The van der Waals surface area contributed by atoms with E-state index in [0.717, 1.165) is 34.2 Å². The smallest absolute Gasteiger partial charge is 0.167 e. The van der Waals surface area contributed by atoms with E-state index in [2.05, 4.69) is 143 Å². The molecule has 0 radical (unpaired) electrons. The van der Waals surface area contributed by atoms with Crippen LogP contribution in [0.5, 0.6) is 0 Å². The van der Waals surface area contributed by atoms with E-state index in [0.29, 0.717) is 0 Å². The van der Waals surface area contributed by atoms with Crippen LogP contribution >= 0.6 is 23.4 Å². The first-order valence-corrected chi connectivity index (χ1v) is 14.4. The number of fused-ring (bicyclic) bond motifs is 3. The van der Waals surface area contributed by atoms with Crippen molar-refractivity contribution in [3.63, 3.8) is 0 Å². The number of hydrogen-bond acceptors (Lipinski definition) is 4.